The van der Waals surface area contributed by atoms with Gasteiger partial charge in [0.25, 0.3) is 0 Å². The Kier molecular flexibility index (Phi) is 4.95. The molecular weight excluding hydrogens is 278 g/mol. The fourth-order valence-corrected chi connectivity index (χ4v) is 2.57. The molecule has 1 aliphatic heterocycles. The van der Waals surface area contributed by atoms with Crippen LogP contribution < -0.4 is 10.9 Å². The molecule has 0 radical (unpaired) electrons. The van der Waals surface area contributed by atoms with Crippen molar-refractivity contribution in [3.63, 3.8) is 0 Å². The molecule has 22 heavy (non-hydrogen) atoms. The number of hydrogen-bond acceptors (Lipinski definition) is 4. The minimum absolute atomic E-state index is 0.409. The van der Waals surface area contributed by atoms with Crippen molar-refractivity contribution < 1.29 is 19.4 Å². The smallest absolute Gasteiger partial charge is 0.423 e. The summed E-state index contributed by atoms with van der Waals surface area (Å²) < 4.78 is 11.0. The number of fused-ring (bicyclic) bond motifs is 4. The summed E-state index contributed by atoms with van der Waals surface area (Å²) in [6.07, 6.45) is 1.33. The Morgan fingerprint density at radius 3 is 1.64 bits per heavy atom. The van der Waals surface area contributed by atoms with Crippen LogP contribution in [0.25, 0.3) is 0 Å². The van der Waals surface area contributed by atoms with E-state index >= 15 is 0 Å². The van der Waals surface area contributed by atoms with E-state index < -0.39 is 14.2 Å². The van der Waals surface area contributed by atoms with Gasteiger partial charge in [-0.05, 0) is 34.9 Å². The SMILES string of the molecule is OB1OCCc2cccc(c2)B(O)OCCc2cccc1c2. The van der Waals surface area contributed by atoms with Crippen LogP contribution >= 0.6 is 0 Å². The summed E-state index contributed by atoms with van der Waals surface area (Å²) >= 11 is 0. The van der Waals surface area contributed by atoms with Crippen molar-refractivity contribution in [1.82, 2.24) is 0 Å². The van der Waals surface area contributed by atoms with Gasteiger partial charge in [0, 0.05) is 13.2 Å². The van der Waals surface area contributed by atoms with Crippen LogP contribution in [0.2, 0.25) is 0 Å². The maximum Gasteiger partial charge on any atom is 0.491 e. The summed E-state index contributed by atoms with van der Waals surface area (Å²) in [6, 6.07) is 15.2. The highest BCUT2D eigenvalue weighted by Gasteiger charge is 2.19. The van der Waals surface area contributed by atoms with Crippen molar-refractivity contribution in [1.29, 1.82) is 0 Å². The number of rotatable bonds is 0. The molecule has 4 nitrogen and oxygen atoms in total. The van der Waals surface area contributed by atoms with Crippen molar-refractivity contribution in [2.24, 2.45) is 0 Å². The van der Waals surface area contributed by atoms with E-state index in [1.165, 1.54) is 0 Å². The second-order valence-electron chi connectivity index (χ2n) is 5.44. The Hall–Kier alpha value is -1.59. The minimum atomic E-state index is -0.919. The first-order valence-electron chi connectivity index (χ1n) is 7.49. The van der Waals surface area contributed by atoms with E-state index in [1.54, 1.807) is 0 Å². The number of benzene rings is 2. The first-order valence-corrected chi connectivity index (χ1v) is 7.49. The van der Waals surface area contributed by atoms with Crippen LogP contribution in [0, 0.1) is 0 Å². The monoisotopic (exact) mass is 296 g/mol. The Bertz CT molecular complexity index is 580. The molecule has 0 amide bonds. The fraction of sp³-hybridized carbons (Fsp3) is 0.250. The quantitative estimate of drug-likeness (QED) is 0.666. The second kappa shape index (κ2) is 7.11. The van der Waals surface area contributed by atoms with Gasteiger partial charge in [-0.15, -0.1) is 0 Å². The summed E-state index contributed by atoms with van der Waals surface area (Å²) in [7, 11) is -1.84. The zero-order valence-electron chi connectivity index (χ0n) is 12.3. The molecule has 0 aliphatic carbocycles. The standard InChI is InChI=1S/C16H18B2O4/c19-17-15-5-1-3-13(11-15)7-9-22-18(20)16-6-2-4-14(12-16)8-10-21-17/h1-6,11-12,19-20H,7-10H2. The van der Waals surface area contributed by atoms with Crippen LogP contribution in [0.15, 0.2) is 48.5 Å². The normalized spacial score (nSPS) is 16.3. The van der Waals surface area contributed by atoms with Crippen LogP contribution in [0.1, 0.15) is 11.1 Å². The molecule has 1 heterocycles. The molecule has 3 rings (SSSR count). The minimum Gasteiger partial charge on any atom is -0.423 e. The largest absolute Gasteiger partial charge is 0.491 e. The van der Waals surface area contributed by atoms with E-state index in [2.05, 4.69) is 0 Å². The maximum absolute atomic E-state index is 10.1. The van der Waals surface area contributed by atoms with Gasteiger partial charge in [-0.2, -0.15) is 0 Å². The predicted octanol–water partition coefficient (Wildman–Crippen LogP) is -0.106. The summed E-state index contributed by atoms with van der Waals surface area (Å²) in [4.78, 5) is 0. The van der Waals surface area contributed by atoms with E-state index in [0.717, 1.165) is 22.1 Å². The van der Waals surface area contributed by atoms with Crippen molar-refractivity contribution in [3.8, 4) is 0 Å². The van der Waals surface area contributed by atoms with Gasteiger partial charge in [0.1, 0.15) is 0 Å². The van der Waals surface area contributed by atoms with E-state index in [-0.39, 0.29) is 0 Å². The zero-order valence-corrected chi connectivity index (χ0v) is 12.3. The van der Waals surface area contributed by atoms with Gasteiger partial charge in [0.2, 0.25) is 0 Å². The third-order valence-electron chi connectivity index (χ3n) is 3.81. The molecule has 0 unspecified atom stereocenters. The van der Waals surface area contributed by atoms with Crippen LogP contribution in [0.3, 0.4) is 0 Å². The molecule has 2 aromatic rings. The molecule has 0 spiro atoms. The highest BCUT2D eigenvalue weighted by Crippen LogP contribution is 2.04. The average molecular weight is 296 g/mol. The van der Waals surface area contributed by atoms with E-state index in [9.17, 15) is 10.0 Å². The van der Waals surface area contributed by atoms with Gasteiger partial charge in [-0.3, -0.25) is 0 Å². The Labute approximate surface area is 131 Å². The lowest BCUT2D eigenvalue weighted by Gasteiger charge is -2.13. The van der Waals surface area contributed by atoms with E-state index in [0.29, 0.717) is 26.1 Å². The summed E-state index contributed by atoms with van der Waals surface area (Å²) in [5, 5.41) is 20.2. The summed E-state index contributed by atoms with van der Waals surface area (Å²) in [5.74, 6) is 0. The van der Waals surface area contributed by atoms with Gasteiger partial charge in [0.15, 0.2) is 0 Å². The van der Waals surface area contributed by atoms with E-state index in [4.69, 9.17) is 9.31 Å². The Morgan fingerprint density at radius 1 is 0.727 bits per heavy atom. The number of hydrogen-bond donors (Lipinski definition) is 2. The topological polar surface area (TPSA) is 58.9 Å². The molecule has 2 aromatic carbocycles. The molecule has 4 bridgehead atoms. The molecule has 0 atom stereocenters. The van der Waals surface area contributed by atoms with Gasteiger partial charge in [-0.1, -0.05) is 48.5 Å². The van der Waals surface area contributed by atoms with Crippen molar-refractivity contribution >= 4 is 25.2 Å². The average Bonchev–Trinajstić information content (AvgIpc) is 2.54. The lowest BCUT2D eigenvalue weighted by molar-refractivity contribution is 0.271. The summed E-state index contributed by atoms with van der Waals surface area (Å²) in [6.45, 7) is 0.817. The van der Waals surface area contributed by atoms with Crippen LogP contribution in [-0.4, -0.2) is 37.5 Å². The molecule has 2 N–H and O–H groups in total. The molecule has 0 aromatic heterocycles. The zero-order chi connectivity index (χ0) is 15.4. The fourth-order valence-electron chi connectivity index (χ4n) is 2.57. The Balaban J connectivity index is 1.82. The highest BCUT2D eigenvalue weighted by molar-refractivity contribution is 6.60. The lowest BCUT2D eigenvalue weighted by atomic mass is 9.77. The summed E-state index contributed by atoms with van der Waals surface area (Å²) in [5.41, 5.74) is 3.56. The van der Waals surface area contributed by atoms with Gasteiger partial charge in [0.05, 0.1) is 0 Å². The van der Waals surface area contributed by atoms with Crippen molar-refractivity contribution in [2.45, 2.75) is 12.8 Å². The molecule has 0 saturated heterocycles. The maximum atomic E-state index is 10.1. The lowest BCUT2D eigenvalue weighted by Crippen LogP contribution is -2.36. The van der Waals surface area contributed by atoms with Gasteiger partial charge < -0.3 is 19.4 Å². The molecule has 1 aliphatic rings. The first-order chi connectivity index (χ1) is 10.7. The molecule has 6 heteroatoms. The van der Waals surface area contributed by atoms with Crippen molar-refractivity contribution in [2.75, 3.05) is 13.2 Å². The van der Waals surface area contributed by atoms with Crippen LogP contribution in [-0.2, 0) is 22.2 Å². The van der Waals surface area contributed by atoms with Crippen LogP contribution in [0.5, 0.6) is 0 Å². The highest BCUT2D eigenvalue weighted by atomic mass is 16.5. The van der Waals surface area contributed by atoms with Gasteiger partial charge in [-0.25, -0.2) is 0 Å². The molecule has 0 fully saturated rings. The first kappa shape index (κ1) is 15.3. The predicted molar refractivity (Wildman–Crippen MR) is 87.4 cm³/mol. The Morgan fingerprint density at radius 2 is 1.18 bits per heavy atom. The third-order valence-corrected chi connectivity index (χ3v) is 3.81. The second-order valence-corrected chi connectivity index (χ2v) is 5.44. The molecular formula is C16H18B2O4. The van der Waals surface area contributed by atoms with Crippen LogP contribution in [0.4, 0.5) is 0 Å². The molecule has 0 saturated carbocycles. The third kappa shape index (κ3) is 3.78. The molecule has 112 valence electrons. The van der Waals surface area contributed by atoms with Gasteiger partial charge >= 0.3 is 14.2 Å². The van der Waals surface area contributed by atoms with E-state index in [1.807, 2.05) is 48.5 Å². The van der Waals surface area contributed by atoms with Crippen molar-refractivity contribution in [3.05, 3.63) is 59.7 Å².